The van der Waals surface area contributed by atoms with E-state index in [0.29, 0.717) is 50.1 Å². The van der Waals surface area contributed by atoms with Gasteiger partial charge in [0.15, 0.2) is 0 Å². The second-order valence-corrected chi connectivity index (χ2v) is 14.4. The topological polar surface area (TPSA) is 182 Å². The van der Waals surface area contributed by atoms with Gasteiger partial charge in [-0.1, -0.05) is 68.1 Å². The van der Waals surface area contributed by atoms with Gasteiger partial charge in [0.05, 0.1) is 0 Å². The van der Waals surface area contributed by atoms with Crippen LogP contribution in [-0.2, 0) is 36.8 Å². The monoisotopic (exact) mass is 739 g/mol. The number of carbonyl (C=O) groups excluding carboxylic acids is 4. The maximum atomic E-state index is 14.2. The predicted octanol–water partition coefficient (Wildman–Crippen LogP) is 3.90. The van der Waals surface area contributed by atoms with E-state index in [2.05, 4.69) is 10.6 Å². The van der Waals surface area contributed by atoms with Crippen molar-refractivity contribution < 1.29 is 34.2 Å². The van der Waals surface area contributed by atoms with Gasteiger partial charge in [-0.05, 0) is 74.6 Å². The second kappa shape index (κ2) is 20.8. The maximum absolute atomic E-state index is 14.2. The number of phenolic OH excluding ortho intramolecular Hbond substituents is 1. The van der Waals surface area contributed by atoms with Crippen molar-refractivity contribution in [2.45, 2.75) is 120 Å². The average molecular weight is 740 g/mol. The van der Waals surface area contributed by atoms with Crippen LogP contribution in [0, 0.1) is 0 Å². The minimum absolute atomic E-state index is 0.00564. The van der Waals surface area contributed by atoms with Crippen LogP contribution in [0.3, 0.4) is 0 Å². The van der Waals surface area contributed by atoms with Gasteiger partial charge >= 0.3 is 5.97 Å². The first-order chi connectivity index (χ1) is 25.1. The number of alkyl halides is 1. The molecule has 4 rings (SSSR count). The smallest absolute Gasteiger partial charge is 0.326 e. The first-order valence-electron chi connectivity index (χ1n) is 18.6. The number of hydrogen-bond acceptors (Lipinski definition) is 7. The van der Waals surface area contributed by atoms with Gasteiger partial charge in [0.1, 0.15) is 29.9 Å². The number of benzene rings is 2. The molecule has 0 radical (unpaired) electrons. The van der Waals surface area contributed by atoms with Crippen LogP contribution in [-0.4, -0.2) is 98.8 Å². The third kappa shape index (κ3) is 12.2. The molecule has 6 N–H and O–H groups in total. The van der Waals surface area contributed by atoms with Gasteiger partial charge < -0.3 is 36.4 Å². The number of rotatable bonds is 20. The summed E-state index contributed by atoms with van der Waals surface area (Å²) in [4.78, 5) is 70.1. The van der Waals surface area contributed by atoms with E-state index >= 15 is 0 Å². The van der Waals surface area contributed by atoms with Gasteiger partial charge in [0.2, 0.25) is 23.6 Å². The summed E-state index contributed by atoms with van der Waals surface area (Å²) in [6.07, 6.45) is 8.76. The van der Waals surface area contributed by atoms with Crippen molar-refractivity contribution >= 4 is 41.2 Å². The molecule has 0 aromatic heterocycles. The van der Waals surface area contributed by atoms with E-state index in [1.165, 1.54) is 17.0 Å². The lowest BCUT2D eigenvalue weighted by Gasteiger charge is -2.31. The number of aryl methyl sites for hydroxylation is 1. The Balaban J connectivity index is 1.41. The van der Waals surface area contributed by atoms with Gasteiger partial charge in [0.25, 0.3) is 0 Å². The Morgan fingerprint density at radius 1 is 0.769 bits per heavy atom. The number of likely N-dealkylation sites (tertiary alicyclic amines) is 2. The fourth-order valence-corrected chi connectivity index (χ4v) is 7.32. The van der Waals surface area contributed by atoms with Crippen molar-refractivity contribution in [3.8, 4) is 5.75 Å². The Bertz CT molecular complexity index is 1480. The lowest BCUT2D eigenvalue weighted by molar-refractivity contribution is -0.145. The van der Waals surface area contributed by atoms with Crippen LogP contribution in [0.1, 0.15) is 88.2 Å². The Kier molecular flexibility index (Phi) is 16.2. The van der Waals surface area contributed by atoms with Gasteiger partial charge in [-0.2, -0.15) is 0 Å². The van der Waals surface area contributed by atoms with Gasteiger partial charge in [-0.3, -0.25) is 19.2 Å². The Hall–Kier alpha value is -4.16. The zero-order valence-electron chi connectivity index (χ0n) is 29.9. The number of hydrogen-bond donors (Lipinski definition) is 5. The lowest BCUT2D eigenvalue weighted by Crippen LogP contribution is -2.57. The van der Waals surface area contributed by atoms with Crippen molar-refractivity contribution in [2.75, 3.05) is 19.0 Å². The fourth-order valence-electron chi connectivity index (χ4n) is 7.13. The molecule has 2 aromatic carbocycles. The molecule has 12 nitrogen and oxygen atoms in total. The molecule has 0 spiro atoms. The van der Waals surface area contributed by atoms with Crippen LogP contribution >= 0.6 is 11.6 Å². The minimum Gasteiger partial charge on any atom is -0.508 e. The molecule has 0 saturated carbocycles. The summed E-state index contributed by atoms with van der Waals surface area (Å²) in [5.41, 5.74) is 7.92. The highest BCUT2D eigenvalue weighted by Gasteiger charge is 2.41. The molecule has 5 atom stereocenters. The van der Waals surface area contributed by atoms with Crippen molar-refractivity contribution in [1.82, 2.24) is 20.4 Å². The summed E-state index contributed by atoms with van der Waals surface area (Å²) in [7, 11) is 0. The number of aromatic hydroxyl groups is 1. The lowest BCUT2D eigenvalue weighted by atomic mass is 10.0. The van der Waals surface area contributed by atoms with Crippen LogP contribution in [0.25, 0.3) is 0 Å². The summed E-state index contributed by atoms with van der Waals surface area (Å²) < 4.78 is 0. The number of aliphatic carboxylic acids is 1. The Labute approximate surface area is 311 Å². The van der Waals surface area contributed by atoms with Crippen LogP contribution in [0.2, 0.25) is 0 Å². The number of carboxylic acid groups (broad SMARTS) is 1. The van der Waals surface area contributed by atoms with Crippen molar-refractivity contribution in [1.29, 1.82) is 0 Å². The molecule has 2 heterocycles. The number of unbranched alkanes of at least 4 members (excludes halogenated alkanes) is 4. The fraction of sp³-hybridized carbons (Fsp3) is 0.564. The van der Waals surface area contributed by atoms with E-state index in [1.54, 1.807) is 17.0 Å². The number of amides is 4. The molecule has 0 bridgehead atoms. The number of halogens is 1. The van der Waals surface area contributed by atoms with E-state index < -0.39 is 47.9 Å². The molecular weight excluding hydrogens is 686 g/mol. The maximum Gasteiger partial charge on any atom is 0.326 e. The van der Waals surface area contributed by atoms with E-state index in [-0.39, 0.29) is 43.5 Å². The highest BCUT2D eigenvalue weighted by atomic mass is 35.5. The number of carbonyl (C=O) groups is 5. The van der Waals surface area contributed by atoms with Crippen LogP contribution in [0.15, 0.2) is 54.6 Å². The molecule has 2 fully saturated rings. The largest absolute Gasteiger partial charge is 0.508 e. The highest BCUT2D eigenvalue weighted by Crippen LogP contribution is 2.23. The molecule has 2 aromatic rings. The van der Waals surface area contributed by atoms with Crippen molar-refractivity contribution in [2.24, 2.45) is 5.73 Å². The van der Waals surface area contributed by atoms with E-state index in [4.69, 9.17) is 17.3 Å². The zero-order valence-corrected chi connectivity index (χ0v) is 30.6. The third-order valence-corrected chi connectivity index (χ3v) is 10.3. The first kappa shape index (κ1) is 40.6. The molecule has 2 aliphatic rings. The van der Waals surface area contributed by atoms with Crippen LogP contribution in [0.5, 0.6) is 5.75 Å². The zero-order chi connectivity index (χ0) is 37.5. The summed E-state index contributed by atoms with van der Waals surface area (Å²) in [6, 6.07) is 11.5. The molecule has 284 valence electrons. The van der Waals surface area contributed by atoms with Gasteiger partial charge in [0, 0.05) is 37.9 Å². The van der Waals surface area contributed by atoms with Crippen molar-refractivity contribution in [3.05, 3.63) is 65.7 Å². The third-order valence-electron chi connectivity index (χ3n) is 10.0. The summed E-state index contributed by atoms with van der Waals surface area (Å²) >= 11 is 5.75. The average Bonchev–Trinajstić information content (AvgIpc) is 3.83. The minimum atomic E-state index is -1.25. The first-order valence-corrected chi connectivity index (χ1v) is 19.2. The van der Waals surface area contributed by atoms with Crippen LogP contribution in [0.4, 0.5) is 0 Å². The summed E-state index contributed by atoms with van der Waals surface area (Å²) in [5.74, 6) is -2.10. The number of phenols is 1. The Morgan fingerprint density at radius 2 is 1.37 bits per heavy atom. The summed E-state index contributed by atoms with van der Waals surface area (Å²) in [5, 5.41) is 25.0. The molecule has 2 aliphatic heterocycles. The predicted molar refractivity (Wildman–Crippen MR) is 199 cm³/mol. The second-order valence-electron chi connectivity index (χ2n) is 14.0. The van der Waals surface area contributed by atoms with Crippen LogP contribution < -0.4 is 16.4 Å². The SMILES string of the molecule is NC(CCCCCCCCl)CC(=O)N1CCCC1C(=O)NC(CCc1ccccc1)C(=O)N1CCCC1C(=O)NC(Cc1ccc(O)cc1)C(=O)O. The van der Waals surface area contributed by atoms with E-state index in [1.807, 2.05) is 30.3 Å². The Morgan fingerprint density at radius 3 is 2.02 bits per heavy atom. The van der Waals surface area contributed by atoms with Gasteiger partial charge in [-0.15, -0.1) is 11.6 Å². The molecule has 5 unspecified atom stereocenters. The number of nitrogens with two attached hydrogens (primary N) is 1. The number of carboxylic acids is 1. The standard InChI is InChI=1S/C39H54ClN5O7/c40-22-8-3-1-2-7-13-29(41)26-35(47)44-23-9-14-33(44)36(48)42-31(21-18-27-11-5-4-6-12-27)38(50)45-24-10-15-34(45)37(49)43-32(39(51)52)25-28-16-19-30(46)20-17-28/h4-6,11-12,16-17,19-20,29,31-34,46H,1-3,7-10,13-15,18,21-26,41H2,(H,42,48)(H,43,49)(H,51,52). The summed E-state index contributed by atoms with van der Waals surface area (Å²) in [6.45, 7) is 0.719. The molecule has 4 amide bonds. The van der Waals surface area contributed by atoms with E-state index in [9.17, 15) is 34.2 Å². The molecule has 13 heteroatoms. The highest BCUT2D eigenvalue weighted by molar-refractivity contribution is 6.17. The van der Waals surface area contributed by atoms with Crippen molar-refractivity contribution in [3.63, 3.8) is 0 Å². The number of nitrogens with one attached hydrogen (secondary N) is 2. The molecule has 2 saturated heterocycles. The number of nitrogens with zero attached hydrogens (tertiary/aromatic N) is 2. The molecule has 0 aliphatic carbocycles. The van der Waals surface area contributed by atoms with E-state index in [0.717, 1.165) is 44.1 Å². The normalized spacial score (nSPS) is 18.8. The molecule has 52 heavy (non-hydrogen) atoms. The quantitative estimate of drug-likeness (QED) is 0.100. The van der Waals surface area contributed by atoms with Gasteiger partial charge in [-0.25, -0.2) is 4.79 Å². The molecular formula is C39H54ClN5O7.